The number of hydrogen-bond acceptors (Lipinski definition) is 4. The van der Waals surface area contributed by atoms with Crippen molar-refractivity contribution in [2.24, 2.45) is 0 Å². The molecule has 0 aromatic heterocycles. The highest BCUT2D eigenvalue weighted by Gasteiger charge is 2.11. The Balaban J connectivity index is 2.28. The van der Waals surface area contributed by atoms with Gasteiger partial charge in [0.1, 0.15) is 11.5 Å². The largest absolute Gasteiger partial charge is 0.423 e. The third-order valence-electron chi connectivity index (χ3n) is 3.80. The third-order valence-corrected chi connectivity index (χ3v) is 3.80. The Hall–Kier alpha value is -3.14. The average molecular weight is 350 g/mol. The fraction of sp³-hybridized carbons (Fsp3) is 0.182. The second kappa shape index (κ2) is 7.83. The molecule has 0 unspecified atom stereocenters. The van der Waals surface area contributed by atoms with Crippen molar-refractivity contribution in [1.29, 1.82) is 0 Å². The molecule has 0 spiro atoms. The summed E-state index contributed by atoms with van der Waals surface area (Å²) in [6.07, 6.45) is 0. The lowest BCUT2D eigenvalue weighted by Crippen LogP contribution is -2.08. The zero-order valence-electron chi connectivity index (χ0n) is 15.5. The number of aryl methyl sites for hydroxylation is 2. The monoisotopic (exact) mass is 350 g/mol. The molecular weight excluding hydrogens is 328 g/mol. The highest BCUT2D eigenvalue weighted by Crippen LogP contribution is 2.31. The van der Waals surface area contributed by atoms with Gasteiger partial charge in [-0.25, -0.2) is 9.59 Å². The van der Waals surface area contributed by atoms with Crippen LogP contribution in [0, 0.1) is 13.8 Å². The molecule has 0 heterocycles. The normalized spacial score (nSPS) is 10.2. The third kappa shape index (κ3) is 4.48. The van der Waals surface area contributed by atoms with Crippen molar-refractivity contribution in [2.45, 2.75) is 27.7 Å². The molecule has 0 aliphatic carbocycles. The van der Waals surface area contributed by atoms with Gasteiger partial charge in [0.2, 0.25) is 0 Å². The minimum atomic E-state index is -0.447. The van der Waals surface area contributed by atoms with Crippen LogP contribution in [0.15, 0.2) is 60.7 Å². The molecule has 2 aromatic rings. The van der Waals surface area contributed by atoms with Crippen LogP contribution in [0.2, 0.25) is 0 Å². The van der Waals surface area contributed by atoms with E-state index < -0.39 is 11.9 Å². The smallest absolute Gasteiger partial charge is 0.338 e. The van der Waals surface area contributed by atoms with Gasteiger partial charge in [-0.2, -0.15) is 0 Å². The highest BCUT2D eigenvalue weighted by atomic mass is 16.5. The number of carbonyl (C=O) groups excluding carboxylic acids is 2. The molecule has 0 aliphatic heterocycles. The Bertz CT molecular complexity index is 831. The summed E-state index contributed by atoms with van der Waals surface area (Å²) in [4.78, 5) is 23.3. The van der Waals surface area contributed by atoms with E-state index in [2.05, 4.69) is 13.2 Å². The van der Waals surface area contributed by atoms with Crippen LogP contribution in [-0.4, -0.2) is 11.9 Å². The lowest BCUT2D eigenvalue weighted by Gasteiger charge is -2.13. The SMILES string of the molecule is C=C(C)C(=O)Oc1ccc(-c2ccc(OC(=O)C(=C)C)cc2C)c(C)c1. The second-order valence-corrected chi connectivity index (χ2v) is 6.29. The molecule has 4 heteroatoms. The molecule has 0 saturated heterocycles. The summed E-state index contributed by atoms with van der Waals surface area (Å²) in [6.45, 7) is 14.3. The predicted octanol–water partition coefficient (Wildman–Crippen LogP) is 4.93. The van der Waals surface area contributed by atoms with E-state index in [0.717, 1.165) is 22.3 Å². The van der Waals surface area contributed by atoms with Gasteiger partial charge in [0.15, 0.2) is 0 Å². The van der Waals surface area contributed by atoms with Crippen molar-refractivity contribution in [3.05, 3.63) is 71.8 Å². The van der Waals surface area contributed by atoms with Crippen LogP contribution in [0.1, 0.15) is 25.0 Å². The fourth-order valence-electron chi connectivity index (χ4n) is 2.39. The van der Waals surface area contributed by atoms with Crippen LogP contribution in [0.25, 0.3) is 11.1 Å². The Morgan fingerprint density at radius 1 is 0.731 bits per heavy atom. The van der Waals surface area contributed by atoms with Crippen molar-refractivity contribution in [3.8, 4) is 22.6 Å². The second-order valence-electron chi connectivity index (χ2n) is 6.29. The Kier molecular flexibility index (Phi) is 5.78. The van der Waals surface area contributed by atoms with Gasteiger partial charge in [0.05, 0.1) is 0 Å². The lowest BCUT2D eigenvalue weighted by atomic mass is 9.96. The zero-order chi connectivity index (χ0) is 19.4. The van der Waals surface area contributed by atoms with Gasteiger partial charge in [-0.05, 0) is 74.2 Å². The molecule has 26 heavy (non-hydrogen) atoms. The van der Waals surface area contributed by atoms with E-state index in [1.807, 2.05) is 38.1 Å². The number of hydrogen-bond donors (Lipinski definition) is 0. The first-order valence-electron chi connectivity index (χ1n) is 8.16. The predicted molar refractivity (Wildman–Crippen MR) is 102 cm³/mol. The molecule has 0 atom stereocenters. The summed E-state index contributed by atoms with van der Waals surface area (Å²) < 4.78 is 10.5. The fourth-order valence-corrected chi connectivity index (χ4v) is 2.39. The summed E-state index contributed by atoms with van der Waals surface area (Å²) in [5, 5.41) is 0. The molecule has 0 amide bonds. The molecule has 0 N–H and O–H groups in total. The van der Waals surface area contributed by atoms with Crippen LogP contribution in [0.3, 0.4) is 0 Å². The van der Waals surface area contributed by atoms with Gasteiger partial charge in [0.25, 0.3) is 0 Å². The standard InChI is InChI=1S/C22H22O4/c1-13(2)21(23)25-17-7-9-19(15(5)11-17)20-10-8-18(12-16(20)6)26-22(24)14(3)4/h7-12H,1,3H2,2,4-6H3. The average Bonchev–Trinajstić information content (AvgIpc) is 2.55. The van der Waals surface area contributed by atoms with Gasteiger partial charge in [-0.15, -0.1) is 0 Å². The minimum Gasteiger partial charge on any atom is -0.423 e. The van der Waals surface area contributed by atoms with E-state index in [4.69, 9.17) is 9.47 Å². The maximum absolute atomic E-state index is 11.6. The Morgan fingerprint density at radius 2 is 1.08 bits per heavy atom. The minimum absolute atomic E-state index is 0.350. The Morgan fingerprint density at radius 3 is 1.35 bits per heavy atom. The molecular formula is C22H22O4. The molecule has 2 aromatic carbocycles. The van der Waals surface area contributed by atoms with E-state index in [0.29, 0.717) is 22.6 Å². The lowest BCUT2D eigenvalue weighted by molar-refractivity contribution is -0.130. The van der Waals surface area contributed by atoms with Crippen molar-refractivity contribution in [1.82, 2.24) is 0 Å². The number of esters is 2. The maximum atomic E-state index is 11.6. The van der Waals surface area contributed by atoms with E-state index in [-0.39, 0.29) is 0 Å². The van der Waals surface area contributed by atoms with Crippen molar-refractivity contribution in [3.63, 3.8) is 0 Å². The van der Waals surface area contributed by atoms with E-state index in [9.17, 15) is 9.59 Å². The topological polar surface area (TPSA) is 52.6 Å². The molecule has 2 rings (SSSR count). The summed E-state index contributed by atoms with van der Waals surface area (Å²) in [5.41, 5.74) is 4.65. The molecule has 4 nitrogen and oxygen atoms in total. The Labute approximate surface area is 153 Å². The first-order chi connectivity index (χ1) is 12.2. The first-order valence-corrected chi connectivity index (χ1v) is 8.16. The molecule has 0 radical (unpaired) electrons. The van der Waals surface area contributed by atoms with Crippen LogP contribution in [0.5, 0.6) is 11.5 Å². The van der Waals surface area contributed by atoms with E-state index >= 15 is 0 Å². The van der Waals surface area contributed by atoms with Crippen LogP contribution in [0.4, 0.5) is 0 Å². The van der Waals surface area contributed by atoms with Gasteiger partial charge < -0.3 is 9.47 Å². The van der Waals surface area contributed by atoms with Crippen LogP contribution in [-0.2, 0) is 9.59 Å². The van der Waals surface area contributed by atoms with Crippen LogP contribution >= 0.6 is 0 Å². The number of ether oxygens (including phenoxy) is 2. The van der Waals surface area contributed by atoms with Crippen molar-refractivity contribution in [2.75, 3.05) is 0 Å². The molecule has 0 aliphatic rings. The number of rotatable bonds is 5. The van der Waals surface area contributed by atoms with Gasteiger partial charge >= 0.3 is 11.9 Å². The number of carbonyl (C=O) groups is 2. The first kappa shape index (κ1) is 19.2. The molecule has 134 valence electrons. The van der Waals surface area contributed by atoms with Gasteiger partial charge in [-0.1, -0.05) is 25.3 Å². The quantitative estimate of drug-likeness (QED) is 0.436. The highest BCUT2D eigenvalue weighted by molar-refractivity contribution is 5.89. The summed E-state index contributed by atoms with van der Waals surface area (Å²) in [5.74, 6) is 0.0573. The zero-order valence-corrected chi connectivity index (χ0v) is 15.5. The molecule has 0 fully saturated rings. The molecule has 0 saturated carbocycles. The van der Waals surface area contributed by atoms with Gasteiger partial charge in [0, 0.05) is 11.1 Å². The number of benzene rings is 2. The van der Waals surface area contributed by atoms with E-state index in [1.54, 1.807) is 26.0 Å². The maximum Gasteiger partial charge on any atom is 0.338 e. The molecule has 0 bridgehead atoms. The summed E-state index contributed by atoms with van der Waals surface area (Å²) in [6, 6.07) is 10.9. The van der Waals surface area contributed by atoms with Crippen LogP contribution < -0.4 is 9.47 Å². The van der Waals surface area contributed by atoms with Crippen molar-refractivity contribution < 1.29 is 19.1 Å². The van der Waals surface area contributed by atoms with Crippen molar-refractivity contribution >= 4 is 11.9 Å². The van der Waals surface area contributed by atoms with Gasteiger partial charge in [-0.3, -0.25) is 0 Å². The summed E-state index contributed by atoms with van der Waals surface area (Å²) >= 11 is 0. The van der Waals surface area contributed by atoms with E-state index in [1.165, 1.54) is 0 Å². The summed E-state index contributed by atoms with van der Waals surface area (Å²) in [7, 11) is 0.